The molecule has 1 aliphatic carbocycles. The summed E-state index contributed by atoms with van der Waals surface area (Å²) < 4.78 is 0. The zero-order valence-corrected chi connectivity index (χ0v) is 12.5. The van der Waals surface area contributed by atoms with E-state index in [1.54, 1.807) is 12.1 Å². The highest BCUT2D eigenvalue weighted by atomic mass is 16.6. The number of non-ortho nitro benzene ring substituents is 1. The molecule has 21 heavy (non-hydrogen) atoms. The fourth-order valence-electron chi connectivity index (χ4n) is 3.03. The molecule has 2 rings (SSSR count). The van der Waals surface area contributed by atoms with Crippen LogP contribution in [0.25, 0.3) is 0 Å². The van der Waals surface area contributed by atoms with Gasteiger partial charge in [0.15, 0.2) is 0 Å². The zero-order valence-electron chi connectivity index (χ0n) is 12.5. The van der Waals surface area contributed by atoms with E-state index in [0.29, 0.717) is 24.1 Å². The Balaban J connectivity index is 1.83. The number of rotatable bonds is 6. The van der Waals surface area contributed by atoms with Gasteiger partial charge in [-0.3, -0.25) is 10.1 Å². The number of nitro benzene ring substituents is 1. The fourth-order valence-corrected chi connectivity index (χ4v) is 3.03. The topological polar surface area (TPSA) is 75.4 Å². The van der Waals surface area contributed by atoms with Gasteiger partial charge in [0.05, 0.1) is 11.0 Å². The average Bonchev–Trinajstić information content (AvgIpc) is 2.53. The lowest BCUT2D eigenvalue weighted by Crippen LogP contribution is -2.37. The molecular weight excluding hydrogens is 268 g/mol. The maximum Gasteiger partial charge on any atom is 0.269 e. The summed E-state index contributed by atoms with van der Waals surface area (Å²) in [5, 5.41) is 24.2. The average molecular weight is 292 g/mol. The molecule has 0 aromatic heterocycles. The summed E-state index contributed by atoms with van der Waals surface area (Å²) in [5.41, 5.74) is 0.762. The molecule has 1 fully saturated rings. The molecule has 0 aliphatic heterocycles. The Kier molecular flexibility index (Phi) is 5.70. The number of aliphatic hydroxyl groups is 1. The molecule has 1 saturated carbocycles. The van der Waals surface area contributed by atoms with Crippen LogP contribution in [0.5, 0.6) is 0 Å². The molecular formula is C16H24N2O3. The molecule has 1 aromatic carbocycles. The van der Waals surface area contributed by atoms with Gasteiger partial charge in [-0.1, -0.05) is 19.3 Å². The number of aliphatic hydroxyl groups excluding tert-OH is 1. The van der Waals surface area contributed by atoms with E-state index in [4.69, 9.17) is 0 Å². The van der Waals surface area contributed by atoms with Gasteiger partial charge in [0.2, 0.25) is 0 Å². The smallest absolute Gasteiger partial charge is 0.269 e. The highest BCUT2D eigenvalue weighted by Gasteiger charge is 2.20. The Hall–Kier alpha value is -1.46. The van der Waals surface area contributed by atoms with Crippen molar-refractivity contribution in [2.75, 3.05) is 6.54 Å². The third-order valence-electron chi connectivity index (χ3n) is 4.48. The van der Waals surface area contributed by atoms with Crippen molar-refractivity contribution in [2.24, 2.45) is 5.92 Å². The first kappa shape index (κ1) is 15.9. The minimum atomic E-state index is -0.628. The number of benzene rings is 1. The van der Waals surface area contributed by atoms with Crippen molar-refractivity contribution in [2.45, 2.75) is 51.2 Å². The fraction of sp³-hybridized carbons (Fsp3) is 0.625. The normalized spacial score (nSPS) is 19.1. The monoisotopic (exact) mass is 292 g/mol. The third kappa shape index (κ3) is 4.51. The molecule has 0 saturated heterocycles. The minimum Gasteiger partial charge on any atom is -0.387 e. The van der Waals surface area contributed by atoms with Gasteiger partial charge in [0, 0.05) is 24.7 Å². The van der Waals surface area contributed by atoms with Crippen molar-refractivity contribution in [1.29, 1.82) is 0 Å². The summed E-state index contributed by atoms with van der Waals surface area (Å²) in [6.45, 7) is 2.66. The molecule has 0 heterocycles. The van der Waals surface area contributed by atoms with Crippen molar-refractivity contribution in [3.8, 4) is 0 Å². The van der Waals surface area contributed by atoms with Crippen molar-refractivity contribution in [3.63, 3.8) is 0 Å². The van der Waals surface area contributed by atoms with E-state index in [9.17, 15) is 15.2 Å². The van der Waals surface area contributed by atoms with Crippen LogP contribution in [-0.4, -0.2) is 22.6 Å². The Morgan fingerprint density at radius 1 is 1.29 bits per heavy atom. The molecule has 2 N–H and O–H groups in total. The van der Waals surface area contributed by atoms with E-state index in [0.717, 1.165) is 0 Å². The molecule has 1 unspecified atom stereocenters. The number of hydrogen-bond acceptors (Lipinski definition) is 4. The SMILES string of the molecule is C[C@H](NCC(O)c1ccc([N+](=O)[O-])cc1)C1CCCCC1. The number of nitro groups is 1. The predicted molar refractivity (Wildman–Crippen MR) is 82.1 cm³/mol. The second-order valence-electron chi connectivity index (χ2n) is 5.96. The summed E-state index contributed by atoms with van der Waals surface area (Å²) in [7, 11) is 0. The Bertz CT molecular complexity index is 455. The minimum absolute atomic E-state index is 0.0504. The van der Waals surface area contributed by atoms with Gasteiger partial charge < -0.3 is 10.4 Å². The van der Waals surface area contributed by atoms with E-state index in [-0.39, 0.29) is 5.69 Å². The molecule has 116 valence electrons. The molecule has 5 nitrogen and oxygen atoms in total. The van der Waals surface area contributed by atoms with E-state index >= 15 is 0 Å². The van der Waals surface area contributed by atoms with Crippen LogP contribution in [0.2, 0.25) is 0 Å². The molecule has 0 spiro atoms. The van der Waals surface area contributed by atoms with Crippen LogP contribution in [-0.2, 0) is 0 Å². The van der Waals surface area contributed by atoms with Gasteiger partial charge in [-0.25, -0.2) is 0 Å². The largest absolute Gasteiger partial charge is 0.387 e. The van der Waals surface area contributed by atoms with Gasteiger partial charge >= 0.3 is 0 Å². The van der Waals surface area contributed by atoms with Crippen LogP contribution in [0.4, 0.5) is 5.69 Å². The van der Waals surface area contributed by atoms with Crippen LogP contribution in [0, 0.1) is 16.0 Å². The standard InChI is InChI=1S/C16H24N2O3/c1-12(13-5-3-2-4-6-13)17-11-16(19)14-7-9-15(10-8-14)18(20)21/h7-10,12-13,16-17,19H,2-6,11H2,1H3/t12-,16?/m0/s1. The van der Waals surface area contributed by atoms with Gasteiger partial charge in [0.25, 0.3) is 5.69 Å². The molecule has 5 heteroatoms. The molecule has 0 amide bonds. The highest BCUT2D eigenvalue weighted by molar-refractivity contribution is 5.33. The first-order chi connectivity index (χ1) is 10.1. The van der Waals surface area contributed by atoms with Crippen molar-refractivity contribution in [3.05, 3.63) is 39.9 Å². The first-order valence-electron chi connectivity index (χ1n) is 7.73. The second kappa shape index (κ2) is 7.52. The van der Waals surface area contributed by atoms with E-state index < -0.39 is 11.0 Å². The van der Waals surface area contributed by atoms with Crippen molar-refractivity contribution in [1.82, 2.24) is 5.32 Å². The number of nitrogens with one attached hydrogen (secondary N) is 1. The maximum absolute atomic E-state index is 10.6. The molecule has 2 atom stereocenters. The van der Waals surface area contributed by atoms with Crippen LogP contribution < -0.4 is 5.32 Å². The summed E-state index contributed by atoms with van der Waals surface area (Å²) >= 11 is 0. The third-order valence-corrected chi connectivity index (χ3v) is 4.48. The number of hydrogen-bond donors (Lipinski definition) is 2. The molecule has 0 bridgehead atoms. The summed E-state index contributed by atoms with van der Waals surface area (Å²) in [4.78, 5) is 10.2. The van der Waals surface area contributed by atoms with Crippen LogP contribution in [0.1, 0.15) is 50.7 Å². The second-order valence-corrected chi connectivity index (χ2v) is 5.96. The van der Waals surface area contributed by atoms with Gasteiger partial charge in [-0.05, 0) is 43.4 Å². The summed E-state index contributed by atoms with van der Waals surface area (Å²) in [5.74, 6) is 0.697. The molecule has 1 aromatic rings. The summed E-state index contributed by atoms with van der Waals surface area (Å²) in [6.07, 6.45) is 5.86. The lowest BCUT2D eigenvalue weighted by atomic mass is 9.84. The zero-order chi connectivity index (χ0) is 15.2. The Labute approximate surface area is 125 Å². The quantitative estimate of drug-likeness (QED) is 0.623. The molecule has 0 radical (unpaired) electrons. The van der Waals surface area contributed by atoms with Gasteiger partial charge in [-0.2, -0.15) is 0 Å². The lowest BCUT2D eigenvalue weighted by molar-refractivity contribution is -0.384. The van der Waals surface area contributed by atoms with Crippen molar-refractivity contribution < 1.29 is 10.0 Å². The predicted octanol–water partition coefficient (Wildman–Crippen LogP) is 3.19. The summed E-state index contributed by atoms with van der Waals surface area (Å²) in [6, 6.07) is 6.51. The van der Waals surface area contributed by atoms with Gasteiger partial charge in [0.1, 0.15) is 0 Å². The van der Waals surface area contributed by atoms with Crippen LogP contribution in [0.15, 0.2) is 24.3 Å². The van der Waals surface area contributed by atoms with E-state index in [1.807, 2.05) is 0 Å². The van der Waals surface area contributed by atoms with Crippen LogP contribution in [0.3, 0.4) is 0 Å². The van der Waals surface area contributed by atoms with Crippen molar-refractivity contribution >= 4 is 5.69 Å². The molecule has 1 aliphatic rings. The highest BCUT2D eigenvalue weighted by Crippen LogP contribution is 2.26. The van der Waals surface area contributed by atoms with E-state index in [2.05, 4.69) is 12.2 Å². The van der Waals surface area contributed by atoms with Gasteiger partial charge in [-0.15, -0.1) is 0 Å². The Morgan fingerprint density at radius 2 is 1.90 bits per heavy atom. The Morgan fingerprint density at radius 3 is 2.48 bits per heavy atom. The number of nitrogens with zero attached hydrogens (tertiary/aromatic N) is 1. The lowest BCUT2D eigenvalue weighted by Gasteiger charge is -2.29. The maximum atomic E-state index is 10.6. The van der Waals surface area contributed by atoms with E-state index in [1.165, 1.54) is 44.2 Å². The first-order valence-corrected chi connectivity index (χ1v) is 7.73. The van der Waals surface area contributed by atoms with Crippen LogP contribution >= 0.6 is 0 Å².